The average Bonchev–Trinajstić information content (AvgIpc) is 3.19. The van der Waals surface area contributed by atoms with Crippen molar-refractivity contribution in [3.8, 4) is 11.3 Å². The third kappa shape index (κ3) is 3.18. The van der Waals surface area contributed by atoms with Crippen LogP contribution in [0.2, 0.25) is 0 Å². The lowest BCUT2D eigenvalue weighted by Crippen LogP contribution is -2.39. The molecule has 1 aromatic carbocycles. The molecule has 1 amide bonds. The van der Waals surface area contributed by atoms with E-state index in [1.807, 2.05) is 24.4 Å². The van der Waals surface area contributed by atoms with Gasteiger partial charge in [0.05, 0.1) is 5.69 Å². The molecule has 0 atom stereocenters. The minimum absolute atomic E-state index is 0.337. The number of hydrogen-bond donors (Lipinski definition) is 2. The summed E-state index contributed by atoms with van der Waals surface area (Å²) in [5.41, 5.74) is 14.8. The number of nitrogens with two attached hydrogens (primary N) is 2. The average molecular weight is 355 g/mol. The molecule has 6 nitrogen and oxygen atoms in total. The first-order chi connectivity index (χ1) is 12.1. The van der Waals surface area contributed by atoms with Gasteiger partial charge in [-0.15, -0.1) is 11.3 Å². The van der Waals surface area contributed by atoms with Gasteiger partial charge in [0, 0.05) is 54.1 Å². The first-order valence-corrected chi connectivity index (χ1v) is 9.32. The van der Waals surface area contributed by atoms with Gasteiger partial charge in [0.2, 0.25) is 5.91 Å². The van der Waals surface area contributed by atoms with Crippen LogP contribution in [0.1, 0.15) is 28.9 Å². The number of amides is 1. The highest BCUT2D eigenvalue weighted by Crippen LogP contribution is 2.27. The molecule has 25 heavy (non-hydrogen) atoms. The van der Waals surface area contributed by atoms with E-state index in [0.717, 1.165) is 48.7 Å². The Kier molecular flexibility index (Phi) is 4.29. The molecule has 2 aromatic heterocycles. The van der Waals surface area contributed by atoms with E-state index in [1.54, 1.807) is 17.4 Å². The lowest BCUT2D eigenvalue weighted by atomic mass is 10.0. The van der Waals surface area contributed by atoms with Gasteiger partial charge in [0.25, 0.3) is 0 Å². The van der Waals surface area contributed by atoms with Crippen LogP contribution in [0.25, 0.3) is 16.2 Å². The molecule has 1 fully saturated rings. The van der Waals surface area contributed by atoms with Crippen LogP contribution < -0.4 is 11.5 Å². The number of likely N-dealkylation sites (tertiary alicyclic amines) is 1. The monoisotopic (exact) mass is 355 g/mol. The summed E-state index contributed by atoms with van der Waals surface area (Å²) in [5.74, 6) is -0.433. The van der Waals surface area contributed by atoms with E-state index in [-0.39, 0.29) is 0 Å². The van der Waals surface area contributed by atoms with Crippen molar-refractivity contribution in [1.82, 2.24) is 14.3 Å². The number of carbonyl (C=O) groups excluding carboxylic acids is 1. The van der Waals surface area contributed by atoms with Crippen molar-refractivity contribution in [3.63, 3.8) is 0 Å². The summed E-state index contributed by atoms with van der Waals surface area (Å²) in [7, 11) is 0. The number of imidazole rings is 1. The van der Waals surface area contributed by atoms with Gasteiger partial charge in [0.15, 0.2) is 4.96 Å². The van der Waals surface area contributed by atoms with Crippen LogP contribution in [0.15, 0.2) is 35.8 Å². The predicted molar refractivity (Wildman–Crippen MR) is 99.5 cm³/mol. The second-order valence-electron chi connectivity index (χ2n) is 6.53. The molecule has 4 N–H and O–H groups in total. The first kappa shape index (κ1) is 16.3. The molecule has 3 heterocycles. The van der Waals surface area contributed by atoms with Crippen LogP contribution in [0.3, 0.4) is 0 Å². The molecule has 0 saturated carbocycles. The van der Waals surface area contributed by atoms with E-state index in [2.05, 4.69) is 19.7 Å². The normalized spacial score (nSPS) is 16.5. The summed E-state index contributed by atoms with van der Waals surface area (Å²) in [4.78, 5) is 19.7. The summed E-state index contributed by atoms with van der Waals surface area (Å²) in [6, 6.07) is 7.67. The van der Waals surface area contributed by atoms with Crippen molar-refractivity contribution in [1.29, 1.82) is 0 Å². The van der Waals surface area contributed by atoms with Gasteiger partial charge in [0.1, 0.15) is 0 Å². The Morgan fingerprint density at radius 3 is 2.80 bits per heavy atom. The van der Waals surface area contributed by atoms with Crippen molar-refractivity contribution in [2.75, 3.05) is 13.1 Å². The third-order valence-electron chi connectivity index (χ3n) is 4.77. The number of thiazole rings is 1. The Bertz CT molecular complexity index is 907. The van der Waals surface area contributed by atoms with Crippen LogP contribution >= 0.6 is 11.3 Å². The van der Waals surface area contributed by atoms with Gasteiger partial charge in [-0.1, -0.05) is 18.2 Å². The first-order valence-electron chi connectivity index (χ1n) is 8.44. The van der Waals surface area contributed by atoms with E-state index in [1.165, 1.54) is 5.69 Å². The van der Waals surface area contributed by atoms with E-state index in [9.17, 15) is 4.79 Å². The third-order valence-corrected chi connectivity index (χ3v) is 5.66. The lowest BCUT2D eigenvalue weighted by molar-refractivity contribution is 0.100. The fourth-order valence-corrected chi connectivity index (χ4v) is 4.20. The number of aromatic nitrogens is 2. The molecule has 4 rings (SSSR count). The van der Waals surface area contributed by atoms with Crippen molar-refractivity contribution in [2.24, 2.45) is 11.5 Å². The minimum Gasteiger partial charge on any atom is -0.366 e. The molecule has 7 heteroatoms. The smallest absolute Gasteiger partial charge is 0.249 e. The molecule has 1 saturated heterocycles. The van der Waals surface area contributed by atoms with Gasteiger partial charge in [-0.2, -0.15) is 0 Å². The zero-order valence-electron chi connectivity index (χ0n) is 13.9. The van der Waals surface area contributed by atoms with Gasteiger partial charge >= 0.3 is 0 Å². The number of rotatable bonds is 4. The van der Waals surface area contributed by atoms with Gasteiger partial charge in [-0.25, -0.2) is 4.98 Å². The summed E-state index contributed by atoms with van der Waals surface area (Å²) >= 11 is 1.62. The van der Waals surface area contributed by atoms with Crippen LogP contribution in [-0.4, -0.2) is 39.3 Å². The lowest BCUT2D eigenvalue weighted by Gasteiger charge is -2.29. The molecule has 3 aromatic rings. The molecule has 130 valence electrons. The summed E-state index contributed by atoms with van der Waals surface area (Å²) in [6.45, 7) is 2.95. The Balaban J connectivity index is 1.64. The summed E-state index contributed by atoms with van der Waals surface area (Å²) in [6.07, 6.45) is 4.10. The van der Waals surface area contributed by atoms with Crippen LogP contribution in [0.5, 0.6) is 0 Å². The maximum Gasteiger partial charge on any atom is 0.249 e. The number of piperidine rings is 1. The van der Waals surface area contributed by atoms with Crippen molar-refractivity contribution in [2.45, 2.75) is 25.4 Å². The van der Waals surface area contributed by atoms with Gasteiger partial charge in [-0.3, -0.25) is 14.1 Å². The molecular formula is C18H21N5OS. The zero-order valence-corrected chi connectivity index (χ0v) is 14.7. The zero-order chi connectivity index (χ0) is 17.4. The number of carbonyl (C=O) groups is 1. The van der Waals surface area contributed by atoms with E-state index in [4.69, 9.17) is 11.5 Å². The molecule has 0 unspecified atom stereocenters. The van der Waals surface area contributed by atoms with Crippen molar-refractivity contribution in [3.05, 3.63) is 47.1 Å². The number of hydrogen-bond acceptors (Lipinski definition) is 5. The molecule has 0 bridgehead atoms. The fourth-order valence-electron chi connectivity index (χ4n) is 3.33. The van der Waals surface area contributed by atoms with Crippen LogP contribution in [0.4, 0.5) is 0 Å². The number of nitrogens with zero attached hydrogens (tertiary/aromatic N) is 3. The van der Waals surface area contributed by atoms with Crippen molar-refractivity contribution < 1.29 is 4.79 Å². The molecular weight excluding hydrogens is 334 g/mol. The van der Waals surface area contributed by atoms with Crippen molar-refractivity contribution >= 4 is 22.2 Å². The fraction of sp³-hybridized carbons (Fsp3) is 0.333. The van der Waals surface area contributed by atoms with E-state index >= 15 is 0 Å². The second kappa shape index (κ2) is 6.59. The van der Waals surface area contributed by atoms with Crippen LogP contribution in [0, 0.1) is 0 Å². The highest BCUT2D eigenvalue weighted by atomic mass is 32.1. The van der Waals surface area contributed by atoms with Crippen LogP contribution in [-0.2, 0) is 6.54 Å². The number of fused-ring (bicyclic) bond motifs is 1. The Morgan fingerprint density at radius 2 is 2.04 bits per heavy atom. The Morgan fingerprint density at radius 1 is 1.28 bits per heavy atom. The summed E-state index contributed by atoms with van der Waals surface area (Å²) < 4.78 is 2.12. The molecule has 0 aliphatic carbocycles. The topological polar surface area (TPSA) is 89.7 Å². The van der Waals surface area contributed by atoms with Gasteiger partial charge in [-0.05, 0) is 18.9 Å². The molecule has 0 spiro atoms. The highest BCUT2D eigenvalue weighted by molar-refractivity contribution is 7.15. The maximum atomic E-state index is 11.7. The number of primary amides is 1. The highest BCUT2D eigenvalue weighted by Gasteiger charge is 2.19. The maximum absolute atomic E-state index is 11.7. The molecule has 1 aliphatic heterocycles. The Labute approximate surface area is 150 Å². The molecule has 1 aliphatic rings. The minimum atomic E-state index is -0.433. The largest absolute Gasteiger partial charge is 0.366 e. The van der Waals surface area contributed by atoms with E-state index < -0.39 is 5.91 Å². The standard InChI is InChI=1S/C18H21N5OS/c19-12-5-7-22(8-6-12)9-13-11-25-18-21-16(10-23(13)18)14-3-1-2-4-15(14)17(20)24/h1-4,10-12H,5-9,19H2,(H2,20,24). The number of benzene rings is 1. The Hall–Kier alpha value is -2.22. The molecule has 0 radical (unpaired) electrons. The summed E-state index contributed by atoms with van der Waals surface area (Å²) in [5, 5.41) is 2.15. The van der Waals surface area contributed by atoms with Gasteiger partial charge < -0.3 is 11.5 Å². The SMILES string of the molecule is NC(=O)c1ccccc1-c1cn2c(CN3CCC(N)CC3)csc2n1. The van der Waals surface area contributed by atoms with E-state index in [0.29, 0.717) is 11.6 Å². The second-order valence-corrected chi connectivity index (χ2v) is 7.37. The quantitative estimate of drug-likeness (QED) is 0.750. The predicted octanol–water partition coefficient (Wildman–Crippen LogP) is 2.08.